The summed E-state index contributed by atoms with van der Waals surface area (Å²) in [5.74, 6) is 1.74. The molecule has 142 valence electrons. The maximum Gasteiger partial charge on any atom is 0.133 e. The quantitative estimate of drug-likeness (QED) is 0.290. The topological polar surface area (TPSA) is 27.1 Å². The highest BCUT2D eigenvalue weighted by Gasteiger charge is 2.18. The summed E-state index contributed by atoms with van der Waals surface area (Å²) < 4.78 is 10.1. The average Bonchev–Trinajstić information content (AvgIpc) is 3.02. The number of thioether (sulfide) groups is 1. The molecule has 1 aromatic heterocycles. The Morgan fingerprint density at radius 2 is 1.93 bits per heavy atom. The molecule has 0 bridgehead atoms. The number of benzene rings is 2. The number of nitrogens with zero attached hydrogens (tertiary/aromatic N) is 2. The largest absolute Gasteiger partial charge is 0.491 e. The second-order valence-electron chi connectivity index (χ2n) is 5.80. The Labute approximate surface area is 189 Å². The Morgan fingerprint density at radius 1 is 1.19 bits per heavy atom. The first kappa shape index (κ1) is 21.1. The Balaban J connectivity index is 1.80. The third-order valence-corrected chi connectivity index (χ3v) is 7.11. The summed E-state index contributed by atoms with van der Waals surface area (Å²) >= 11 is 21.3. The molecule has 8 heteroatoms. The molecule has 2 aromatic carbocycles. The van der Waals surface area contributed by atoms with Gasteiger partial charge in [0.05, 0.1) is 19.8 Å². The molecule has 0 saturated heterocycles. The van der Waals surface area contributed by atoms with Crippen molar-refractivity contribution in [3.63, 3.8) is 0 Å². The van der Waals surface area contributed by atoms with Crippen LogP contribution in [0.4, 0.5) is 0 Å². The normalized spacial score (nSPS) is 12.2. The van der Waals surface area contributed by atoms with E-state index in [0.29, 0.717) is 16.7 Å². The van der Waals surface area contributed by atoms with Crippen LogP contribution in [0.2, 0.25) is 10.0 Å². The maximum absolute atomic E-state index is 6.37. The van der Waals surface area contributed by atoms with Crippen molar-refractivity contribution in [2.45, 2.75) is 23.6 Å². The molecular weight excluding hydrogens is 535 g/mol. The minimum atomic E-state index is 0.0887. The van der Waals surface area contributed by atoms with Gasteiger partial charge in [0, 0.05) is 28.3 Å². The van der Waals surface area contributed by atoms with Crippen LogP contribution in [0.3, 0.4) is 0 Å². The lowest BCUT2D eigenvalue weighted by atomic mass is 10.3. The van der Waals surface area contributed by atoms with E-state index in [2.05, 4.69) is 41.4 Å². The van der Waals surface area contributed by atoms with Gasteiger partial charge in [0.15, 0.2) is 0 Å². The average molecular weight is 551 g/mol. The zero-order valence-corrected chi connectivity index (χ0v) is 19.8. The van der Waals surface area contributed by atoms with Gasteiger partial charge in [-0.25, -0.2) is 4.98 Å². The molecule has 0 fully saturated rings. The molecule has 0 aliphatic rings. The van der Waals surface area contributed by atoms with Gasteiger partial charge < -0.3 is 9.30 Å². The van der Waals surface area contributed by atoms with Gasteiger partial charge in [0.1, 0.15) is 18.2 Å². The zero-order chi connectivity index (χ0) is 19.4. The van der Waals surface area contributed by atoms with Gasteiger partial charge in [-0.3, -0.25) is 0 Å². The first-order valence-electron chi connectivity index (χ1n) is 8.10. The van der Waals surface area contributed by atoms with Gasteiger partial charge in [-0.05, 0) is 53.2 Å². The third kappa shape index (κ3) is 5.67. The predicted octanol–water partition coefficient (Wildman–Crippen LogP) is 7.26. The molecule has 0 radical (unpaired) electrons. The molecule has 1 unspecified atom stereocenters. The summed E-state index contributed by atoms with van der Waals surface area (Å²) in [4.78, 5) is 5.17. The zero-order valence-electron chi connectivity index (χ0n) is 14.3. The van der Waals surface area contributed by atoms with E-state index in [1.165, 1.54) is 0 Å². The lowest BCUT2D eigenvalue weighted by Crippen LogP contribution is -2.21. The smallest absolute Gasteiger partial charge is 0.133 e. The summed E-state index contributed by atoms with van der Waals surface area (Å²) in [6, 6.07) is 11.4. The lowest BCUT2D eigenvalue weighted by molar-refractivity contribution is 0.305. The molecule has 0 aliphatic carbocycles. The second-order valence-corrected chi connectivity index (χ2v) is 9.70. The molecule has 0 spiro atoms. The van der Waals surface area contributed by atoms with Crippen molar-refractivity contribution in [1.82, 2.24) is 9.55 Å². The van der Waals surface area contributed by atoms with E-state index in [0.717, 1.165) is 32.0 Å². The summed E-state index contributed by atoms with van der Waals surface area (Å²) in [6.45, 7) is 3.20. The van der Waals surface area contributed by atoms with E-state index in [4.69, 9.17) is 27.9 Å². The number of halogens is 4. The Kier molecular flexibility index (Phi) is 7.57. The fraction of sp³-hybridized carbons (Fsp3) is 0.211. The maximum atomic E-state index is 6.37. The van der Waals surface area contributed by atoms with Crippen molar-refractivity contribution < 1.29 is 4.74 Å². The van der Waals surface area contributed by atoms with E-state index in [9.17, 15) is 0 Å². The summed E-state index contributed by atoms with van der Waals surface area (Å²) in [5.41, 5.74) is 0. The molecule has 0 amide bonds. The first-order valence-corrected chi connectivity index (χ1v) is 11.3. The Morgan fingerprint density at radius 3 is 2.56 bits per heavy atom. The van der Waals surface area contributed by atoms with Crippen molar-refractivity contribution in [1.29, 1.82) is 0 Å². The number of hydrogen-bond acceptors (Lipinski definition) is 3. The first-order chi connectivity index (χ1) is 12.9. The van der Waals surface area contributed by atoms with Crippen LogP contribution in [-0.4, -0.2) is 21.4 Å². The van der Waals surface area contributed by atoms with E-state index in [1.54, 1.807) is 18.0 Å². The second kappa shape index (κ2) is 9.70. The van der Waals surface area contributed by atoms with Gasteiger partial charge in [0.25, 0.3) is 0 Å². The van der Waals surface area contributed by atoms with Crippen molar-refractivity contribution in [3.8, 4) is 5.75 Å². The van der Waals surface area contributed by atoms with Gasteiger partial charge >= 0.3 is 0 Å². The number of hydrogen-bond donors (Lipinski definition) is 0. The van der Waals surface area contributed by atoms with E-state index < -0.39 is 0 Å². The van der Waals surface area contributed by atoms with Gasteiger partial charge in [-0.2, -0.15) is 0 Å². The van der Waals surface area contributed by atoms with Gasteiger partial charge in [-0.1, -0.05) is 45.2 Å². The minimum absolute atomic E-state index is 0.0887. The third-order valence-electron chi connectivity index (χ3n) is 3.85. The Bertz CT molecular complexity index is 916. The highest BCUT2D eigenvalue weighted by atomic mass is 79.9. The van der Waals surface area contributed by atoms with Gasteiger partial charge in [-0.15, -0.1) is 11.8 Å². The number of aromatic nitrogens is 2. The van der Waals surface area contributed by atoms with Crippen molar-refractivity contribution in [3.05, 3.63) is 73.6 Å². The molecule has 3 aromatic rings. The van der Waals surface area contributed by atoms with Crippen LogP contribution in [0.25, 0.3) is 0 Å². The molecule has 0 saturated carbocycles. The molecule has 1 heterocycles. The number of rotatable bonds is 7. The van der Waals surface area contributed by atoms with E-state index in [1.807, 2.05) is 49.5 Å². The summed E-state index contributed by atoms with van der Waals surface area (Å²) in [6.07, 6.45) is 3.76. The van der Waals surface area contributed by atoms with Crippen molar-refractivity contribution in [2.75, 3.05) is 6.61 Å². The van der Waals surface area contributed by atoms with E-state index in [-0.39, 0.29) is 5.25 Å². The lowest BCUT2D eigenvalue weighted by Gasteiger charge is -2.20. The van der Waals surface area contributed by atoms with Crippen LogP contribution in [0.1, 0.15) is 5.82 Å². The summed E-state index contributed by atoms with van der Waals surface area (Å²) in [5, 5.41) is 1.38. The molecule has 0 aliphatic heterocycles. The monoisotopic (exact) mass is 548 g/mol. The van der Waals surface area contributed by atoms with Crippen LogP contribution in [0.5, 0.6) is 5.75 Å². The summed E-state index contributed by atoms with van der Waals surface area (Å²) in [7, 11) is 0. The SMILES string of the molecule is Cc1nccn1CC(COc1ccc(Br)cc1Br)Sc1c(Cl)cccc1Cl. The molecule has 3 rings (SSSR count). The van der Waals surface area contributed by atoms with Gasteiger partial charge in [0.2, 0.25) is 0 Å². The fourth-order valence-corrected chi connectivity index (χ4v) is 5.37. The Hall–Kier alpha value is -0.660. The number of ether oxygens (including phenoxy) is 1. The number of aryl methyl sites for hydroxylation is 1. The van der Waals surface area contributed by atoms with Crippen LogP contribution in [-0.2, 0) is 6.54 Å². The predicted molar refractivity (Wildman–Crippen MR) is 120 cm³/mol. The molecule has 1 atom stereocenters. The van der Waals surface area contributed by atoms with Crippen LogP contribution >= 0.6 is 66.8 Å². The van der Waals surface area contributed by atoms with Crippen LogP contribution < -0.4 is 4.74 Å². The molecule has 3 nitrogen and oxygen atoms in total. The minimum Gasteiger partial charge on any atom is -0.491 e. The standard InChI is InChI=1S/C19H16Br2Cl2N2OS/c1-12-24-7-8-25(12)10-14(27-19-16(22)3-2-4-17(19)23)11-26-18-6-5-13(20)9-15(18)21/h2-9,14H,10-11H2,1H3. The van der Waals surface area contributed by atoms with Crippen LogP contribution in [0.15, 0.2) is 62.6 Å². The molecule has 0 N–H and O–H groups in total. The highest BCUT2D eigenvalue weighted by molar-refractivity contribution is 9.11. The molecular formula is C19H16Br2Cl2N2OS. The highest BCUT2D eigenvalue weighted by Crippen LogP contribution is 2.37. The number of imidazole rings is 1. The fourth-order valence-electron chi connectivity index (χ4n) is 2.48. The van der Waals surface area contributed by atoms with Crippen molar-refractivity contribution in [2.24, 2.45) is 0 Å². The van der Waals surface area contributed by atoms with Crippen LogP contribution in [0, 0.1) is 6.92 Å². The van der Waals surface area contributed by atoms with E-state index >= 15 is 0 Å². The van der Waals surface area contributed by atoms with Crippen molar-refractivity contribution >= 4 is 66.8 Å². The molecule has 27 heavy (non-hydrogen) atoms.